The van der Waals surface area contributed by atoms with E-state index in [1.807, 2.05) is 28.8 Å². The molecule has 26 heavy (non-hydrogen) atoms. The highest BCUT2D eigenvalue weighted by atomic mass is 16.5. The first-order valence-electron chi connectivity index (χ1n) is 8.67. The molecule has 3 aromatic rings. The van der Waals surface area contributed by atoms with Crippen molar-refractivity contribution >= 4 is 17.0 Å². The van der Waals surface area contributed by atoms with Crippen molar-refractivity contribution in [2.45, 2.75) is 32.4 Å². The van der Waals surface area contributed by atoms with E-state index in [-0.39, 0.29) is 17.9 Å². The molecule has 0 fully saturated rings. The lowest BCUT2D eigenvalue weighted by atomic mass is 10.2. The van der Waals surface area contributed by atoms with Crippen LogP contribution in [0.5, 0.6) is 5.75 Å². The Hall–Kier alpha value is -2.86. The molecule has 1 heterocycles. The zero-order valence-electron chi connectivity index (χ0n) is 14.6. The second kappa shape index (κ2) is 8.01. The van der Waals surface area contributed by atoms with Crippen LogP contribution in [0.4, 0.5) is 0 Å². The van der Waals surface area contributed by atoms with E-state index in [1.54, 1.807) is 18.2 Å². The number of carboxylic acid groups (broad SMARTS) is 1. The fourth-order valence-electron chi connectivity index (χ4n) is 2.96. The molecule has 0 aliphatic carbocycles. The van der Waals surface area contributed by atoms with E-state index in [4.69, 9.17) is 4.74 Å². The maximum Gasteiger partial charge on any atom is 0.339 e. The Morgan fingerprint density at radius 2 is 1.92 bits per heavy atom. The van der Waals surface area contributed by atoms with Crippen LogP contribution in [0.1, 0.15) is 29.5 Å². The Morgan fingerprint density at radius 3 is 2.69 bits per heavy atom. The molecule has 0 saturated carbocycles. The number of hydrogen-bond donors (Lipinski definition) is 2. The topological polar surface area (TPSA) is 84.6 Å². The SMILES string of the molecule is CCCc1nc2ccccc2n1CC(O)COc1ccccc1C(=O)O. The van der Waals surface area contributed by atoms with Crippen LogP contribution < -0.4 is 4.74 Å². The Balaban J connectivity index is 1.74. The molecule has 1 unspecified atom stereocenters. The van der Waals surface area contributed by atoms with Crippen molar-refractivity contribution in [1.82, 2.24) is 9.55 Å². The van der Waals surface area contributed by atoms with E-state index < -0.39 is 12.1 Å². The summed E-state index contributed by atoms with van der Waals surface area (Å²) in [4.78, 5) is 15.9. The monoisotopic (exact) mass is 354 g/mol. The molecule has 6 heteroatoms. The number of carboxylic acids is 1. The van der Waals surface area contributed by atoms with E-state index in [2.05, 4.69) is 11.9 Å². The third kappa shape index (κ3) is 3.86. The number of imidazole rings is 1. The molecule has 0 amide bonds. The van der Waals surface area contributed by atoms with Crippen LogP contribution in [0.15, 0.2) is 48.5 Å². The number of fused-ring (bicyclic) bond motifs is 1. The number of para-hydroxylation sites is 3. The van der Waals surface area contributed by atoms with Gasteiger partial charge in [-0.25, -0.2) is 9.78 Å². The molecule has 0 aliphatic heterocycles. The molecule has 136 valence electrons. The van der Waals surface area contributed by atoms with Crippen molar-refractivity contribution in [3.05, 3.63) is 59.9 Å². The molecule has 0 spiro atoms. The maximum atomic E-state index is 11.2. The normalized spacial score (nSPS) is 12.2. The van der Waals surface area contributed by atoms with Crippen LogP contribution in [-0.2, 0) is 13.0 Å². The van der Waals surface area contributed by atoms with Gasteiger partial charge in [0.15, 0.2) is 0 Å². The zero-order chi connectivity index (χ0) is 18.5. The summed E-state index contributed by atoms with van der Waals surface area (Å²) in [5.41, 5.74) is 1.96. The predicted molar refractivity (Wildman–Crippen MR) is 98.6 cm³/mol. The number of benzene rings is 2. The van der Waals surface area contributed by atoms with E-state index in [9.17, 15) is 15.0 Å². The highest BCUT2D eigenvalue weighted by Gasteiger charge is 2.16. The van der Waals surface area contributed by atoms with Crippen LogP contribution in [-0.4, -0.2) is 38.4 Å². The van der Waals surface area contributed by atoms with Crippen LogP contribution in [0.25, 0.3) is 11.0 Å². The minimum Gasteiger partial charge on any atom is -0.490 e. The molecule has 1 atom stereocenters. The van der Waals surface area contributed by atoms with Crippen molar-refractivity contribution < 1.29 is 19.7 Å². The van der Waals surface area contributed by atoms with Crippen molar-refractivity contribution in [2.24, 2.45) is 0 Å². The number of nitrogens with zero attached hydrogens (tertiary/aromatic N) is 2. The molecule has 6 nitrogen and oxygen atoms in total. The van der Waals surface area contributed by atoms with Gasteiger partial charge >= 0.3 is 5.97 Å². The smallest absolute Gasteiger partial charge is 0.339 e. The molecule has 0 aliphatic rings. The average molecular weight is 354 g/mol. The first kappa shape index (κ1) is 17.9. The van der Waals surface area contributed by atoms with Crippen LogP contribution in [0.3, 0.4) is 0 Å². The van der Waals surface area contributed by atoms with Crippen molar-refractivity contribution in [2.75, 3.05) is 6.61 Å². The number of hydrogen-bond acceptors (Lipinski definition) is 4. The number of aryl methyl sites for hydroxylation is 1. The van der Waals surface area contributed by atoms with Gasteiger partial charge in [0, 0.05) is 6.42 Å². The van der Waals surface area contributed by atoms with Crippen molar-refractivity contribution in [3.63, 3.8) is 0 Å². The third-order valence-corrected chi connectivity index (χ3v) is 4.15. The molecule has 3 rings (SSSR count). The largest absolute Gasteiger partial charge is 0.490 e. The van der Waals surface area contributed by atoms with Gasteiger partial charge in [-0.1, -0.05) is 31.2 Å². The van der Waals surface area contributed by atoms with Gasteiger partial charge in [0.2, 0.25) is 0 Å². The highest BCUT2D eigenvalue weighted by molar-refractivity contribution is 5.90. The van der Waals surface area contributed by atoms with E-state index >= 15 is 0 Å². The first-order valence-corrected chi connectivity index (χ1v) is 8.67. The molecular formula is C20H22N2O4. The van der Waals surface area contributed by atoms with Gasteiger partial charge in [0.05, 0.1) is 17.6 Å². The van der Waals surface area contributed by atoms with Crippen molar-refractivity contribution in [3.8, 4) is 5.75 Å². The molecule has 1 aromatic heterocycles. The minimum atomic E-state index is -1.05. The first-order chi connectivity index (χ1) is 12.6. The Kier molecular flexibility index (Phi) is 5.53. The summed E-state index contributed by atoms with van der Waals surface area (Å²) in [5, 5.41) is 19.6. The third-order valence-electron chi connectivity index (χ3n) is 4.15. The minimum absolute atomic E-state index is 0.00235. The van der Waals surface area contributed by atoms with Gasteiger partial charge in [-0.2, -0.15) is 0 Å². The summed E-state index contributed by atoms with van der Waals surface area (Å²) in [5.74, 6) is 0.128. The molecule has 2 N–H and O–H groups in total. The molecular weight excluding hydrogens is 332 g/mol. The second-order valence-corrected chi connectivity index (χ2v) is 6.14. The maximum absolute atomic E-state index is 11.2. The molecule has 0 saturated heterocycles. The van der Waals surface area contributed by atoms with E-state index in [1.165, 1.54) is 6.07 Å². The van der Waals surface area contributed by atoms with Gasteiger partial charge in [-0.05, 0) is 30.7 Å². The summed E-state index contributed by atoms with van der Waals surface area (Å²) >= 11 is 0. The fourth-order valence-corrected chi connectivity index (χ4v) is 2.96. The van der Waals surface area contributed by atoms with E-state index in [0.717, 1.165) is 29.7 Å². The van der Waals surface area contributed by atoms with Crippen LogP contribution in [0, 0.1) is 0 Å². The van der Waals surface area contributed by atoms with Gasteiger partial charge in [-0.15, -0.1) is 0 Å². The van der Waals surface area contributed by atoms with Gasteiger partial charge < -0.3 is 19.5 Å². The number of rotatable bonds is 8. The number of aromatic nitrogens is 2. The predicted octanol–water partition coefficient (Wildman–Crippen LogP) is 3.13. The lowest BCUT2D eigenvalue weighted by molar-refractivity contribution is 0.0677. The van der Waals surface area contributed by atoms with Crippen LogP contribution in [0.2, 0.25) is 0 Å². The quantitative estimate of drug-likeness (QED) is 0.649. The summed E-state index contributed by atoms with van der Waals surface area (Å²) in [7, 11) is 0. The summed E-state index contributed by atoms with van der Waals surface area (Å²) < 4.78 is 7.57. The zero-order valence-corrected chi connectivity index (χ0v) is 14.6. The number of aromatic carboxylic acids is 1. The summed E-state index contributed by atoms with van der Waals surface area (Å²) in [6, 6.07) is 14.2. The van der Waals surface area contributed by atoms with E-state index in [0.29, 0.717) is 6.54 Å². The van der Waals surface area contributed by atoms with Gasteiger partial charge in [0.25, 0.3) is 0 Å². The standard InChI is InChI=1S/C20H22N2O4/c1-2-7-19-21-16-9-4-5-10-17(16)22(19)12-14(23)13-26-18-11-6-3-8-15(18)20(24)25/h3-6,8-11,14,23H,2,7,12-13H2,1H3,(H,24,25). The number of aliphatic hydroxyl groups is 1. The summed E-state index contributed by atoms with van der Waals surface area (Å²) in [6.07, 6.45) is 0.997. The number of ether oxygens (including phenoxy) is 1. The number of carbonyl (C=O) groups is 1. The summed E-state index contributed by atoms with van der Waals surface area (Å²) in [6.45, 7) is 2.43. The fraction of sp³-hybridized carbons (Fsp3) is 0.300. The van der Waals surface area contributed by atoms with Gasteiger partial charge in [-0.3, -0.25) is 0 Å². The Bertz CT molecular complexity index is 904. The highest BCUT2D eigenvalue weighted by Crippen LogP contribution is 2.20. The van der Waals surface area contributed by atoms with Crippen LogP contribution >= 0.6 is 0 Å². The average Bonchev–Trinajstić information content (AvgIpc) is 2.98. The Morgan fingerprint density at radius 1 is 1.19 bits per heavy atom. The molecule has 0 bridgehead atoms. The number of aliphatic hydroxyl groups excluding tert-OH is 1. The van der Waals surface area contributed by atoms with Crippen molar-refractivity contribution in [1.29, 1.82) is 0 Å². The molecule has 2 aromatic carbocycles. The second-order valence-electron chi connectivity index (χ2n) is 6.14. The Labute approximate surface area is 151 Å². The molecule has 0 radical (unpaired) electrons. The van der Waals surface area contributed by atoms with Gasteiger partial charge in [0.1, 0.15) is 29.8 Å². The lowest BCUT2D eigenvalue weighted by Crippen LogP contribution is -2.25. The lowest BCUT2D eigenvalue weighted by Gasteiger charge is -2.16.